The molecule has 1 aliphatic heterocycles. The van der Waals surface area contributed by atoms with Crippen molar-refractivity contribution in [1.29, 1.82) is 0 Å². The third kappa shape index (κ3) is 5.51. The number of nitrogens with zero attached hydrogens (tertiary/aromatic N) is 1. The molecule has 2 N–H and O–H groups in total. The summed E-state index contributed by atoms with van der Waals surface area (Å²) in [4.78, 5) is 2.54. The van der Waals surface area contributed by atoms with Gasteiger partial charge in [0.05, 0.1) is 0 Å². The normalized spacial score (nSPS) is 17.4. The molecule has 1 aromatic rings. The lowest BCUT2D eigenvalue weighted by Gasteiger charge is -2.24. The number of benzene rings is 1. The zero-order valence-electron chi connectivity index (χ0n) is 12.5. The zero-order chi connectivity index (χ0) is 14.0. The molecule has 0 aromatic heterocycles. The molecule has 0 amide bonds. The van der Waals surface area contributed by atoms with Gasteiger partial charge in [-0.05, 0) is 56.6 Å². The first-order valence-electron chi connectivity index (χ1n) is 8.02. The average Bonchev–Trinajstić information content (AvgIpc) is 2.43. The highest BCUT2D eigenvalue weighted by Crippen LogP contribution is 2.13. The molecule has 3 nitrogen and oxygen atoms in total. The summed E-state index contributed by atoms with van der Waals surface area (Å²) in [7, 11) is 0. The lowest BCUT2D eigenvalue weighted by atomic mass is 10.1. The second-order valence-corrected chi connectivity index (χ2v) is 5.64. The molecule has 0 saturated carbocycles. The summed E-state index contributed by atoms with van der Waals surface area (Å²) in [6.07, 6.45) is 7.81. The van der Waals surface area contributed by atoms with Gasteiger partial charge < -0.3 is 10.5 Å². The van der Waals surface area contributed by atoms with Gasteiger partial charge in [-0.1, -0.05) is 31.4 Å². The van der Waals surface area contributed by atoms with Gasteiger partial charge in [0, 0.05) is 6.54 Å². The first kappa shape index (κ1) is 15.3. The van der Waals surface area contributed by atoms with E-state index in [0.29, 0.717) is 6.54 Å². The van der Waals surface area contributed by atoms with Crippen LogP contribution in [0, 0.1) is 0 Å². The Balaban J connectivity index is 1.68. The lowest BCUT2D eigenvalue weighted by molar-refractivity contribution is 0.195. The van der Waals surface area contributed by atoms with E-state index in [-0.39, 0.29) is 0 Å². The van der Waals surface area contributed by atoms with Crippen molar-refractivity contribution in [2.24, 2.45) is 5.73 Å². The molecule has 1 saturated heterocycles. The predicted molar refractivity (Wildman–Crippen MR) is 84.2 cm³/mol. The highest BCUT2D eigenvalue weighted by Gasteiger charge is 2.07. The van der Waals surface area contributed by atoms with E-state index in [1.165, 1.54) is 50.8 Å². The van der Waals surface area contributed by atoms with Gasteiger partial charge in [-0.2, -0.15) is 0 Å². The molecule has 1 heterocycles. The molecule has 0 atom stereocenters. The minimum Gasteiger partial charge on any atom is -0.492 e. The largest absolute Gasteiger partial charge is 0.492 e. The first-order chi connectivity index (χ1) is 9.88. The minimum atomic E-state index is 0.704. The van der Waals surface area contributed by atoms with Crippen molar-refractivity contribution >= 4 is 0 Å². The smallest absolute Gasteiger partial charge is 0.119 e. The van der Waals surface area contributed by atoms with Gasteiger partial charge in [0.2, 0.25) is 0 Å². The Labute approximate surface area is 123 Å². The summed E-state index contributed by atoms with van der Waals surface area (Å²) in [5.41, 5.74) is 6.83. The van der Waals surface area contributed by atoms with E-state index >= 15 is 0 Å². The number of rotatable bonds is 6. The molecule has 0 spiro atoms. The maximum absolute atomic E-state index is 5.84. The predicted octanol–water partition coefficient (Wildman–Crippen LogP) is 2.83. The lowest BCUT2D eigenvalue weighted by Crippen LogP contribution is -2.31. The molecule has 0 aliphatic carbocycles. The van der Waals surface area contributed by atoms with Crippen LogP contribution in [0.1, 0.15) is 37.7 Å². The maximum Gasteiger partial charge on any atom is 0.119 e. The summed E-state index contributed by atoms with van der Waals surface area (Å²) < 4.78 is 5.84. The molecule has 1 aromatic carbocycles. The second-order valence-electron chi connectivity index (χ2n) is 5.64. The third-order valence-electron chi connectivity index (χ3n) is 3.98. The minimum absolute atomic E-state index is 0.704. The topological polar surface area (TPSA) is 38.5 Å². The maximum atomic E-state index is 5.84. The zero-order valence-corrected chi connectivity index (χ0v) is 12.5. The summed E-state index contributed by atoms with van der Waals surface area (Å²) >= 11 is 0. The summed E-state index contributed by atoms with van der Waals surface area (Å²) in [5.74, 6) is 0.970. The van der Waals surface area contributed by atoms with Gasteiger partial charge >= 0.3 is 0 Å². The fourth-order valence-electron chi connectivity index (χ4n) is 2.75. The Morgan fingerprint density at radius 2 is 1.60 bits per heavy atom. The Morgan fingerprint density at radius 1 is 0.950 bits per heavy atom. The summed E-state index contributed by atoms with van der Waals surface area (Å²) in [5, 5.41) is 0. The van der Waals surface area contributed by atoms with Crippen molar-refractivity contribution in [2.45, 2.75) is 38.5 Å². The highest BCUT2D eigenvalue weighted by molar-refractivity contribution is 5.27. The molecule has 0 unspecified atom stereocenters. The van der Waals surface area contributed by atoms with Crippen LogP contribution < -0.4 is 10.5 Å². The first-order valence-corrected chi connectivity index (χ1v) is 8.02. The fraction of sp³-hybridized carbons (Fsp3) is 0.647. The van der Waals surface area contributed by atoms with Crippen molar-refractivity contribution in [3.63, 3.8) is 0 Å². The molecule has 0 radical (unpaired) electrons. The van der Waals surface area contributed by atoms with Crippen molar-refractivity contribution in [3.05, 3.63) is 29.8 Å². The van der Waals surface area contributed by atoms with Crippen LogP contribution in [-0.2, 0) is 6.42 Å². The quantitative estimate of drug-likeness (QED) is 0.868. The number of hydrogen-bond donors (Lipinski definition) is 1. The van der Waals surface area contributed by atoms with Crippen LogP contribution in [0.25, 0.3) is 0 Å². The Morgan fingerprint density at radius 3 is 2.25 bits per heavy atom. The van der Waals surface area contributed by atoms with E-state index in [4.69, 9.17) is 10.5 Å². The van der Waals surface area contributed by atoms with Gasteiger partial charge in [0.15, 0.2) is 0 Å². The van der Waals surface area contributed by atoms with Gasteiger partial charge in [-0.3, -0.25) is 4.90 Å². The van der Waals surface area contributed by atoms with Crippen molar-refractivity contribution in [1.82, 2.24) is 4.90 Å². The van der Waals surface area contributed by atoms with E-state index < -0.39 is 0 Å². The van der Waals surface area contributed by atoms with Gasteiger partial charge in [-0.25, -0.2) is 0 Å². The second kappa shape index (κ2) is 8.98. The van der Waals surface area contributed by atoms with Crippen molar-refractivity contribution in [2.75, 3.05) is 32.8 Å². The molecule has 1 fully saturated rings. The molecular formula is C17H28N2O. The Bertz CT molecular complexity index is 356. The van der Waals surface area contributed by atoms with Gasteiger partial charge in [0.1, 0.15) is 12.4 Å². The van der Waals surface area contributed by atoms with Crippen LogP contribution in [0.3, 0.4) is 0 Å². The number of hydrogen-bond acceptors (Lipinski definition) is 3. The summed E-state index contributed by atoms with van der Waals surface area (Å²) in [6.45, 7) is 5.01. The third-order valence-corrected chi connectivity index (χ3v) is 3.98. The standard InChI is InChI=1S/C17H28N2O/c18-11-10-16-6-8-17(9-7-16)20-15-14-19-12-4-2-1-3-5-13-19/h6-9H,1-5,10-15,18H2. The van der Waals surface area contributed by atoms with Crippen molar-refractivity contribution < 1.29 is 4.74 Å². The highest BCUT2D eigenvalue weighted by atomic mass is 16.5. The molecular weight excluding hydrogens is 248 g/mol. The van der Waals surface area contributed by atoms with E-state index in [9.17, 15) is 0 Å². The monoisotopic (exact) mass is 276 g/mol. The molecule has 112 valence electrons. The van der Waals surface area contributed by atoms with Crippen LogP contribution in [0.5, 0.6) is 5.75 Å². The van der Waals surface area contributed by atoms with Crippen LogP contribution in [0.2, 0.25) is 0 Å². The SMILES string of the molecule is NCCc1ccc(OCCN2CCCCCCC2)cc1. The molecule has 3 heteroatoms. The number of nitrogens with two attached hydrogens (primary N) is 1. The number of likely N-dealkylation sites (tertiary alicyclic amines) is 1. The van der Waals surface area contributed by atoms with Crippen LogP contribution >= 0.6 is 0 Å². The van der Waals surface area contributed by atoms with E-state index in [2.05, 4.69) is 29.2 Å². The van der Waals surface area contributed by atoms with E-state index in [1.54, 1.807) is 0 Å². The fourth-order valence-corrected chi connectivity index (χ4v) is 2.75. The molecule has 1 aliphatic rings. The molecule has 20 heavy (non-hydrogen) atoms. The van der Waals surface area contributed by atoms with Gasteiger partial charge in [-0.15, -0.1) is 0 Å². The van der Waals surface area contributed by atoms with Crippen LogP contribution in [-0.4, -0.2) is 37.7 Å². The number of ether oxygens (including phenoxy) is 1. The molecule has 2 rings (SSSR count). The van der Waals surface area contributed by atoms with Crippen molar-refractivity contribution in [3.8, 4) is 5.75 Å². The summed E-state index contributed by atoms with van der Waals surface area (Å²) in [6, 6.07) is 8.33. The molecule has 0 bridgehead atoms. The van der Waals surface area contributed by atoms with Crippen LogP contribution in [0.15, 0.2) is 24.3 Å². The van der Waals surface area contributed by atoms with Crippen LogP contribution in [0.4, 0.5) is 0 Å². The van der Waals surface area contributed by atoms with Gasteiger partial charge in [0.25, 0.3) is 0 Å². The average molecular weight is 276 g/mol. The Kier molecular flexibility index (Phi) is 6.89. The Hall–Kier alpha value is -1.06. The van der Waals surface area contributed by atoms with E-state index in [1.807, 2.05) is 0 Å². The van der Waals surface area contributed by atoms with E-state index in [0.717, 1.165) is 25.3 Å².